The Morgan fingerprint density at radius 3 is 2.62 bits per heavy atom. The summed E-state index contributed by atoms with van der Waals surface area (Å²) in [5, 5.41) is 4.06. The molecule has 0 amide bonds. The van der Waals surface area contributed by atoms with Crippen molar-refractivity contribution in [2.45, 2.75) is 0 Å². The average molecular weight is 282 g/mol. The highest BCUT2D eigenvalue weighted by molar-refractivity contribution is 5.79. The summed E-state index contributed by atoms with van der Waals surface area (Å²) in [6.45, 7) is 0. The molecule has 1 aromatic carbocycles. The molecule has 0 unspecified atom stereocenters. The summed E-state index contributed by atoms with van der Waals surface area (Å²) in [5.74, 6) is 0.200. The first-order chi connectivity index (χ1) is 10.3. The van der Waals surface area contributed by atoms with Gasteiger partial charge in [-0.2, -0.15) is 9.49 Å². The summed E-state index contributed by atoms with van der Waals surface area (Å²) in [6, 6.07) is 10.4. The van der Waals surface area contributed by atoms with Gasteiger partial charge in [0.05, 0.1) is 18.1 Å². The third-order valence-corrected chi connectivity index (χ3v) is 2.76. The van der Waals surface area contributed by atoms with Crippen molar-refractivity contribution in [1.82, 2.24) is 9.97 Å². The Morgan fingerprint density at radius 1 is 1.10 bits per heavy atom. The highest BCUT2D eigenvalue weighted by Gasteiger charge is 2.00. The number of hydrazone groups is 1. The smallest absolute Gasteiger partial charge is 0.212 e. The molecule has 0 saturated heterocycles. The molecule has 6 heteroatoms. The average Bonchev–Trinajstić information content (AvgIpc) is 3.04. The minimum atomic E-state index is -0.511. The van der Waals surface area contributed by atoms with Crippen molar-refractivity contribution in [1.29, 1.82) is 0 Å². The first-order valence-electron chi connectivity index (χ1n) is 6.21. The molecule has 0 aliphatic carbocycles. The molecular formula is C15H11FN4O. The largest absolute Gasteiger partial charge is 0.444 e. The lowest BCUT2D eigenvalue weighted by atomic mass is 10.2. The summed E-state index contributed by atoms with van der Waals surface area (Å²) in [5.41, 5.74) is 5.35. The van der Waals surface area contributed by atoms with E-state index in [4.69, 9.17) is 4.42 Å². The maximum Gasteiger partial charge on any atom is 0.212 e. The quantitative estimate of drug-likeness (QED) is 0.453. The zero-order chi connectivity index (χ0) is 14.5. The van der Waals surface area contributed by atoms with E-state index in [9.17, 15) is 4.39 Å². The van der Waals surface area contributed by atoms with Crippen LogP contribution in [-0.4, -0.2) is 16.2 Å². The molecule has 0 saturated carbocycles. The zero-order valence-corrected chi connectivity index (χ0v) is 10.9. The molecule has 2 aromatic heterocycles. The molecule has 0 fully saturated rings. The number of hydrogen-bond acceptors (Lipinski definition) is 5. The second-order valence-corrected chi connectivity index (χ2v) is 4.23. The Bertz CT molecular complexity index is 721. The van der Waals surface area contributed by atoms with Gasteiger partial charge in [0.2, 0.25) is 5.95 Å². The molecule has 5 nitrogen and oxygen atoms in total. The zero-order valence-electron chi connectivity index (χ0n) is 10.9. The number of benzene rings is 1. The molecule has 2 heterocycles. The van der Waals surface area contributed by atoms with Gasteiger partial charge in [-0.3, -0.25) is 5.43 Å². The van der Waals surface area contributed by atoms with E-state index in [0.29, 0.717) is 11.3 Å². The van der Waals surface area contributed by atoms with Crippen LogP contribution in [-0.2, 0) is 0 Å². The number of hydrogen-bond donors (Lipinski definition) is 1. The van der Waals surface area contributed by atoms with E-state index in [0.717, 1.165) is 11.3 Å². The van der Waals surface area contributed by atoms with Gasteiger partial charge < -0.3 is 4.42 Å². The number of nitrogens with zero attached hydrogens (tertiary/aromatic N) is 3. The van der Waals surface area contributed by atoms with Crippen molar-refractivity contribution in [2.24, 2.45) is 5.10 Å². The van der Waals surface area contributed by atoms with Gasteiger partial charge in [0.1, 0.15) is 0 Å². The fourth-order valence-corrected chi connectivity index (χ4v) is 1.71. The van der Waals surface area contributed by atoms with Gasteiger partial charge in [0.15, 0.2) is 12.2 Å². The lowest BCUT2D eigenvalue weighted by molar-refractivity contribution is 0.572. The molecule has 1 N–H and O–H groups in total. The van der Waals surface area contributed by atoms with Crippen molar-refractivity contribution in [2.75, 3.05) is 5.43 Å². The molecule has 21 heavy (non-hydrogen) atoms. The Kier molecular flexibility index (Phi) is 3.68. The normalized spacial score (nSPS) is 10.9. The van der Waals surface area contributed by atoms with Crippen molar-refractivity contribution in [3.05, 3.63) is 66.7 Å². The number of oxazole rings is 1. The van der Waals surface area contributed by atoms with Crippen LogP contribution in [0.1, 0.15) is 5.56 Å². The van der Waals surface area contributed by atoms with Gasteiger partial charge in [0, 0.05) is 17.3 Å². The number of halogens is 1. The molecular weight excluding hydrogens is 271 g/mol. The fraction of sp³-hybridized carbons (Fsp3) is 0. The third kappa shape index (κ3) is 3.30. The molecule has 0 radical (unpaired) electrons. The maximum atomic E-state index is 12.6. The fourth-order valence-electron chi connectivity index (χ4n) is 1.71. The lowest BCUT2D eigenvalue weighted by Gasteiger charge is -2.01. The van der Waals surface area contributed by atoms with Gasteiger partial charge in [-0.15, -0.1) is 0 Å². The minimum Gasteiger partial charge on any atom is -0.444 e. The number of rotatable bonds is 4. The Hall–Kier alpha value is -3.02. The predicted molar refractivity (Wildman–Crippen MR) is 77.4 cm³/mol. The van der Waals surface area contributed by atoms with Crippen molar-refractivity contribution >= 4 is 11.9 Å². The van der Waals surface area contributed by atoms with E-state index in [2.05, 4.69) is 20.5 Å². The molecule has 0 spiro atoms. The first kappa shape index (κ1) is 13.0. The monoisotopic (exact) mass is 282 g/mol. The molecule has 3 aromatic rings. The van der Waals surface area contributed by atoms with Gasteiger partial charge in [-0.25, -0.2) is 9.97 Å². The molecule has 104 valence electrons. The van der Waals surface area contributed by atoms with Gasteiger partial charge >= 0.3 is 0 Å². The highest BCUT2D eigenvalue weighted by Crippen LogP contribution is 2.20. The van der Waals surface area contributed by atoms with Crippen LogP contribution in [0.2, 0.25) is 0 Å². The first-order valence-corrected chi connectivity index (χ1v) is 6.21. The molecule has 0 atom stereocenters. The van der Waals surface area contributed by atoms with Crippen LogP contribution < -0.4 is 5.43 Å². The topological polar surface area (TPSA) is 63.3 Å². The van der Waals surface area contributed by atoms with Gasteiger partial charge in [-0.05, 0) is 36.4 Å². The van der Waals surface area contributed by atoms with E-state index in [1.54, 1.807) is 18.5 Å². The van der Waals surface area contributed by atoms with Crippen LogP contribution in [0.3, 0.4) is 0 Å². The number of aromatic nitrogens is 2. The van der Waals surface area contributed by atoms with E-state index < -0.39 is 5.95 Å². The van der Waals surface area contributed by atoms with E-state index in [-0.39, 0.29) is 0 Å². The van der Waals surface area contributed by atoms with E-state index >= 15 is 0 Å². The number of anilines is 1. The van der Waals surface area contributed by atoms with Crippen molar-refractivity contribution in [3.8, 4) is 11.3 Å². The summed E-state index contributed by atoms with van der Waals surface area (Å²) >= 11 is 0. The third-order valence-electron chi connectivity index (χ3n) is 2.76. The van der Waals surface area contributed by atoms with Crippen molar-refractivity contribution < 1.29 is 8.81 Å². The van der Waals surface area contributed by atoms with Gasteiger partial charge in [-0.1, -0.05) is 0 Å². The Labute approximate surface area is 120 Å². The van der Waals surface area contributed by atoms with Gasteiger partial charge in [0.25, 0.3) is 0 Å². The van der Waals surface area contributed by atoms with Crippen LogP contribution in [0.4, 0.5) is 10.1 Å². The van der Waals surface area contributed by atoms with Crippen molar-refractivity contribution in [3.63, 3.8) is 0 Å². The van der Waals surface area contributed by atoms with Crippen LogP contribution in [0.15, 0.2) is 64.7 Å². The van der Waals surface area contributed by atoms with Crippen LogP contribution >= 0.6 is 0 Å². The molecule has 3 rings (SSSR count). The lowest BCUT2D eigenvalue weighted by Crippen LogP contribution is -1.92. The Balaban J connectivity index is 1.64. The SMILES string of the molecule is Fc1ccc(/C=N/Nc2ccc(-c3cnco3)cc2)cn1. The van der Waals surface area contributed by atoms with Crippen LogP contribution in [0.5, 0.6) is 0 Å². The summed E-state index contributed by atoms with van der Waals surface area (Å²) in [4.78, 5) is 7.41. The predicted octanol–water partition coefficient (Wildman–Crippen LogP) is 3.32. The summed E-state index contributed by atoms with van der Waals surface area (Å²) in [7, 11) is 0. The van der Waals surface area contributed by atoms with E-state index in [1.165, 1.54) is 18.7 Å². The minimum absolute atomic E-state index is 0.511. The van der Waals surface area contributed by atoms with E-state index in [1.807, 2.05) is 24.3 Å². The summed E-state index contributed by atoms with van der Waals surface area (Å²) < 4.78 is 17.9. The second-order valence-electron chi connectivity index (χ2n) is 4.23. The number of pyridine rings is 1. The van der Waals surface area contributed by atoms with Crippen LogP contribution in [0.25, 0.3) is 11.3 Å². The molecule has 0 bridgehead atoms. The summed E-state index contributed by atoms with van der Waals surface area (Å²) in [6.07, 6.45) is 6.02. The second kappa shape index (κ2) is 5.96. The molecule has 0 aliphatic heterocycles. The Morgan fingerprint density at radius 2 is 1.95 bits per heavy atom. The standard InChI is InChI=1S/C15H11FN4O/c16-15-6-1-11(7-18-15)8-19-20-13-4-2-12(3-5-13)14-9-17-10-21-14/h1-10,20H/b19-8+. The molecule has 0 aliphatic rings. The maximum absolute atomic E-state index is 12.6. The number of nitrogens with one attached hydrogen (secondary N) is 1. The van der Waals surface area contributed by atoms with Crippen LogP contribution in [0, 0.1) is 5.95 Å². The highest BCUT2D eigenvalue weighted by atomic mass is 19.1.